The highest BCUT2D eigenvalue weighted by atomic mass is 32.1. The number of thiophene rings is 2. The van der Waals surface area contributed by atoms with Crippen LogP contribution in [0.25, 0.3) is 20.9 Å². The second-order valence-corrected chi connectivity index (χ2v) is 8.99. The molecule has 120 valence electrons. The van der Waals surface area contributed by atoms with E-state index in [1.165, 1.54) is 48.7 Å². The lowest BCUT2D eigenvalue weighted by molar-refractivity contribution is 0.717. The van der Waals surface area contributed by atoms with E-state index in [0.717, 1.165) is 6.42 Å². The Morgan fingerprint density at radius 1 is 0.760 bits per heavy atom. The minimum atomic E-state index is -0.0305. The van der Waals surface area contributed by atoms with Crippen molar-refractivity contribution in [2.45, 2.75) is 18.8 Å². The van der Waals surface area contributed by atoms with E-state index in [9.17, 15) is 0 Å². The maximum atomic E-state index is 2.45. The van der Waals surface area contributed by atoms with Gasteiger partial charge in [0.1, 0.15) is 0 Å². The van der Waals surface area contributed by atoms with E-state index in [0.29, 0.717) is 0 Å². The summed E-state index contributed by atoms with van der Waals surface area (Å²) in [5, 5.41) is 4.49. The van der Waals surface area contributed by atoms with Gasteiger partial charge < -0.3 is 0 Å². The van der Waals surface area contributed by atoms with Gasteiger partial charge in [0, 0.05) is 15.2 Å². The molecule has 2 heteroatoms. The van der Waals surface area contributed by atoms with Crippen molar-refractivity contribution in [1.82, 2.24) is 0 Å². The zero-order chi connectivity index (χ0) is 16.6. The van der Waals surface area contributed by atoms with E-state index in [1.807, 2.05) is 22.7 Å². The fraction of sp³-hybridized carbons (Fsp3) is 0.130. The molecule has 0 nitrogen and oxygen atoms in total. The van der Waals surface area contributed by atoms with Crippen LogP contribution in [0.15, 0.2) is 65.4 Å². The molecule has 0 fully saturated rings. The Hall–Kier alpha value is -2.16. The largest absolute Gasteiger partial charge is 0.143 e. The SMILES string of the molecule is CC1(c2ccc3c(c2)-c2ccccc2C3)c2ccsc2-c2sccc21. The predicted molar refractivity (Wildman–Crippen MR) is 108 cm³/mol. The average Bonchev–Trinajstić information content (AvgIpc) is 3.38. The highest BCUT2D eigenvalue weighted by Crippen LogP contribution is 2.57. The van der Waals surface area contributed by atoms with Crippen LogP contribution in [0.1, 0.15) is 34.7 Å². The Balaban J connectivity index is 1.62. The van der Waals surface area contributed by atoms with Gasteiger partial charge in [0.15, 0.2) is 0 Å². The van der Waals surface area contributed by atoms with Crippen LogP contribution in [0.2, 0.25) is 0 Å². The summed E-state index contributed by atoms with van der Waals surface area (Å²) in [5.41, 5.74) is 10.1. The van der Waals surface area contributed by atoms with Crippen molar-refractivity contribution in [2.75, 3.05) is 0 Å². The number of rotatable bonds is 1. The molecule has 0 N–H and O–H groups in total. The van der Waals surface area contributed by atoms with E-state index in [2.05, 4.69) is 72.3 Å². The van der Waals surface area contributed by atoms with E-state index in [1.54, 1.807) is 0 Å². The molecule has 2 heterocycles. The Kier molecular flexibility index (Phi) is 2.65. The minimum absolute atomic E-state index is 0.0305. The molecule has 2 aromatic carbocycles. The van der Waals surface area contributed by atoms with Crippen LogP contribution in [0.3, 0.4) is 0 Å². The molecule has 0 unspecified atom stereocenters. The summed E-state index contributed by atoms with van der Waals surface area (Å²) in [6, 6.07) is 20.7. The maximum Gasteiger partial charge on any atom is 0.0490 e. The molecule has 2 aliphatic carbocycles. The first-order valence-electron chi connectivity index (χ1n) is 8.65. The molecule has 2 aliphatic rings. The molecule has 2 aromatic heterocycles. The number of benzene rings is 2. The summed E-state index contributed by atoms with van der Waals surface area (Å²) < 4.78 is 0. The van der Waals surface area contributed by atoms with Crippen molar-refractivity contribution in [3.63, 3.8) is 0 Å². The van der Waals surface area contributed by atoms with Gasteiger partial charge in [-0.05, 0) is 81.2 Å². The molecule has 6 rings (SSSR count). The summed E-state index contributed by atoms with van der Waals surface area (Å²) in [4.78, 5) is 2.93. The minimum Gasteiger partial charge on any atom is -0.143 e. The monoisotopic (exact) mass is 356 g/mol. The molecule has 0 spiro atoms. The van der Waals surface area contributed by atoms with E-state index in [4.69, 9.17) is 0 Å². The van der Waals surface area contributed by atoms with E-state index >= 15 is 0 Å². The molecule has 0 atom stereocenters. The number of fused-ring (bicyclic) bond motifs is 6. The van der Waals surface area contributed by atoms with Crippen molar-refractivity contribution in [2.24, 2.45) is 0 Å². The van der Waals surface area contributed by atoms with E-state index < -0.39 is 0 Å². The molecule has 4 aromatic rings. The number of hydrogen-bond donors (Lipinski definition) is 0. The van der Waals surface area contributed by atoms with Gasteiger partial charge in [0.05, 0.1) is 0 Å². The average molecular weight is 357 g/mol. The van der Waals surface area contributed by atoms with Gasteiger partial charge in [0.25, 0.3) is 0 Å². The predicted octanol–water partition coefficient (Wildman–Crippen LogP) is 6.72. The van der Waals surface area contributed by atoms with Gasteiger partial charge in [0.2, 0.25) is 0 Å². The second kappa shape index (κ2) is 4.72. The zero-order valence-corrected chi connectivity index (χ0v) is 15.5. The topological polar surface area (TPSA) is 0 Å². The van der Waals surface area contributed by atoms with Gasteiger partial charge >= 0.3 is 0 Å². The number of hydrogen-bond acceptors (Lipinski definition) is 2. The summed E-state index contributed by atoms with van der Waals surface area (Å²) in [7, 11) is 0. The Morgan fingerprint density at radius 3 is 2.20 bits per heavy atom. The van der Waals surface area contributed by atoms with Gasteiger partial charge in [-0.2, -0.15) is 0 Å². The van der Waals surface area contributed by atoms with Crippen molar-refractivity contribution < 1.29 is 0 Å². The van der Waals surface area contributed by atoms with Crippen molar-refractivity contribution in [1.29, 1.82) is 0 Å². The maximum absolute atomic E-state index is 2.45. The van der Waals surface area contributed by atoms with Crippen LogP contribution in [0.5, 0.6) is 0 Å². The van der Waals surface area contributed by atoms with Crippen molar-refractivity contribution in [3.8, 4) is 20.9 Å². The summed E-state index contributed by atoms with van der Waals surface area (Å²) >= 11 is 3.76. The molecule has 25 heavy (non-hydrogen) atoms. The Labute approximate surface area is 155 Å². The smallest absolute Gasteiger partial charge is 0.0490 e. The van der Waals surface area contributed by atoms with Gasteiger partial charge in [-0.15, -0.1) is 22.7 Å². The lowest BCUT2D eigenvalue weighted by atomic mass is 9.74. The van der Waals surface area contributed by atoms with Crippen LogP contribution < -0.4 is 0 Å². The fourth-order valence-corrected chi connectivity index (χ4v) is 6.85. The summed E-state index contributed by atoms with van der Waals surface area (Å²) in [5.74, 6) is 0. The molecule has 0 bridgehead atoms. The third kappa shape index (κ3) is 1.67. The normalized spacial score (nSPS) is 15.6. The van der Waals surface area contributed by atoms with Gasteiger partial charge in [-0.1, -0.05) is 36.4 Å². The first kappa shape index (κ1) is 14.1. The second-order valence-electron chi connectivity index (χ2n) is 7.16. The van der Waals surface area contributed by atoms with Crippen LogP contribution in [0, 0.1) is 0 Å². The molecule has 0 amide bonds. The van der Waals surface area contributed by atoms with Crippen LogP contribution in [-0.2, 0) is 11.8 Å². The lowest BCUT2D eigenvalue weighted by Gasteiger charge is -2.27. The van der Waals surface area contributed by atoms with E-state index in [-0.39, 0.29) is 5.41 Å². The van der Waals surface area contributed by atoms with Gasteiger partial charge in [-0.25, -0.2) is 0 Å². The molecule has 0 saturated heterocycles. The van der Waals surface area contributed by atoms with Crippen LogP contribution in [-0.4, -0.2) is 0 Å². The Bertz CT molecular complexity index is 1100. The summed E-state index contributed by atoms with van der Waals surface area (Å²) in [6.45, 7) is 2.40. The van der Waals surface area contributed by atoms with Gasteiger partial charge in [-0.3, -0.25) is 0 Å². The third-order valence-corrected chi connectivity index (χ3v) is 7.98. The molecule has 0 saturated carbocycles. The van der Waals surface area contributed by atoms with Crippen molar-refractivity contribution >= 4 is 22.7 Å². The van der Waals surface area contributed by atoms with Crippen LogP contribution >= 0.6 is 22.7 Å². The van der Waals surface area contributed by atoms with Crippen molar-refractivity contribution in [3.05, 3.63) is 93.2 Å². The Morgan fingerprint density at radius 2 is 1.44 bits per heavy atom. The van der Waals surface area contributed by atoms with Crippen LogP contribution in [0.4, 0.5) is 0 Å². The lowest BCUT2D eigenvalue weighted by Crippen LogP contribution is -2.21. The molecule has 0 aliphatic heterocycles. The summed E-state index contributed by atoms with van der Waals surface area (Å²) in [6.07, 6.45) is 1.07. The fourth-order valence-electron chi connectivity index (χ4n) is 4.65. The molecular weight excluding hydrogens is 340 g/mol. The standard InChI is InChI=1S/C23H16S2/c1-23(19-8-10-24-21(19)22-20(23)9-11-25-22)16-7-6-15-12-14-4-2-3-5-17(14)18(15)13-16/h2-11,13H,12H2,1H3. The quantitative estimate of drug-likeness (QED) is 0.313. The molecular formula is C23H16S2. The highest BCUT2D eigenvalue weighted by molar-refractivity contribution is 7.21. The first-order valence-corrected chi connectivity index (χ1v) is 10.4. The third-order valence-electron chi connectivity index (χ3n) is 5.99. The highest BCUT2D eigenvalue weighted by Gasteiger charge is 2.42. The first-order chi connectivity index (χ1) is 12.3. The molecule has 0 radical (unpaired) electrons. The zero-order valence-electron chi connectivity index (χ0n) is 13.9.